The molecule has 2 rings (SSSR count). The molecule has 0 amide bonds. The van der Waals surface area contributed by atoms with Gasteiger partial charge in [0.1, 0.15) is 0 Å². The molecule has 0 aliphatic heterocycles. The van der Waals surface area contributed by atoms with Crippen molar-refractivity contribution in [2.75, 3.05) is 13.7 Å². The number of aliphatic hydroxyl groups excluding tert-OH is 1. The summed E-state index contributed by atoms with van der Waals surface area (Å²) in [6.07, 6.45) is 1.36. The molecule has 0 saturated carbocycles. The molecule has 106 valence electrons. The quantitative estimate of drug-likeness (QED) is 0.837. The molecule has 1 heterocycles. The fraction of sp³-hybridized carbons (Fsp3) is 0.267. The van der Waals surface area contributed by atoms with Crippen LogP contribution in [0.5, 0.6) is 11.5 Å². The van der Waals surface area contributed by atoms with Crippen molar-refractivity contribution in [2.24, 2.45) is 5.73 Å². The first-order valence-electron chi connectivity index (χ1n) is 6.34. The number of aliphatic hydroxyl groups is 1. The van der Waals surface area contributed by atoms with Gasteiger partial charge in [0.2, 0.25) is 0 Å². The van der Waals surface area contributed by atoms with Crippen LogP contribution >= 0.6 is 0 Å². The van der Waals surface area contributed by atoms with Crippen LogP contribution in [0.2, 0.25) is 0 Å². The number of pyridine rings is 1. The minimum Gasteiger partial charge on any atom is -0.493 e. The summed E-state index contributed by atoms with van der Waals surface area (Å²) < 4.78 is 11.1. The lowest BCUT2D eigenvalue weighted by atomic mass is 10.2. The Hall–Kier alpha value is -2.11. The Kier molecular flexibility index (Phi) is 4.92. The fourth-order valence-electron chi connectivity index (χ4n) is 1.86. The molecule has 0 saturated heterocycles. The van der Waals surface area contributed by atoms with Gasteiger partial charge in [-0.1, -0.05) is 12.1 Å². The van der Waals surface area contributed by atoms with Gasteiger partial charge in [0.15, 0.2) is 17.6 Å². The van der Waals surface area contributed by atoms with Crippen LogP contribution in [-0.2, 0) is 6.61 Å². The maximum absolute atomic E-state index is 9.13. The van der Waals surface area contributed by atoms with E-state index in [4.69, 9.17) is 20.3 Å². The lowest BCUT2D eigenvalue weighted by Gasteiger charge is -2.19. The summed E-state index contributed by atoms with van der Waals surface area (Å²) in [5, 5.41) is 9.13. The first kappa shape index (κ1) is 14.3. The van der Waals surface area contributed by atoms with E-state index in [9.17, 15) is 0 Å². The van der Waals surface area contributed by atoms with Crippen molar-refractivity contribution in [2.45, 2.75) is 12.7 Å². The Morgan fingerprint density at radius 2 is 2.10 bits per heavy atom. The van der Waals surface area contributed by atoms with Crippen molar-refractivity contribution in [3.63, 3.8) is 0 Å². The fourth-order valence-corrected chi connectivity index (χ4v) is 1.86. The Morgan fingerprint density at radius 1 is 1.25 bits per heavy atom. The molecule has 0 aliphatic carbocycles. The number of methoxy groups -OCH3 is 1. The second kappa shape index (κ2) is 6.88. The zero-order valence-corrected chi connectivity index (χ0v) is 11.3. The van der Waals surface area contributed by atoms with Crippen molar-refractivity contribution >= 4 is 0 Å². The van der Waals surface area contributed by atoms with E-state index in [2.05, 4.69) is 4.98 Å². The lowest BCUT2D eigenvalue weighted by molar-refractivity contribution is 0.199. The lowest BCUT2D eigenvalue weighted by Crippen LogP contribution is -2.19. The van der Waals surface area contributed by atoms with Gasteiger partial charge in [-0.05, 0) is 29.8 Å². The van der Waals surface area contributed by atoms with E-state index < -0.39 is 0 Å². The van der Waals surface area contributed by atoms with Gasteiger partial charge in [-0.15, -0.1) is 0 Å². The molecule has 1 atom stereocenters. The second-order valence-corrected chi connectivity index (χ2v) is 4.24. The number of hydrogen-bond donors (Lipinski definition) is 2. The smallest absolute Gasteiger partial charge is 0.162 e. The highest BCUT2D eigenvalue weighted by molar-refractivity contribution is 5.43. The zero-order chi connectivity index (χ0) is 14.4. The van der Waals surface area contributed by atoms with Crippen LogP contribution in [0, 0.1) is 0 Å². The van der Waals surface area contributed by atoms with Crippen LogP contribution in [0.4, 0.5) is 0 Å². The third kappa shape index (κ3) is 3.26. The van der Waals surface area contributed by atoms with Gasteiger partial charge in [-0.3, -0.25) is 4.98 Å². The molecular weight excluding hydrogens is 256 g/mol. The molecule has 5 nitrogen and oxygen atoms in total. The van der Waals surface area contributed by atoms with E-state index in [1.807, 2.05) is 18.2 Å². The van der Waals surface area contributed by atoms with E-state index in [0.717, 1.165) is 11.3 Å². The Bertz CT molecular complexity index is 546. The molecule has 1 aromatic carbocycles. The molecule has 5 heteroatoms. The van der Waals surface area contributed by atoms with Crippen LogP contribution in [0.25, 0.3) is 0 Å². The average Bonchev–Trinajstić information content (AvgIpc) is 2.53. The van der Waals surface area contributed by atoms with Crippen LogP contribution in [0.3, 0.4) is 0 Å². The number of hydrogen-bond acceptors (Lipinski definition) is 5. The summed E-state index contributed by atoms with van der Waals surface area (Å²) in [6.45, 7) is 0.263. The predicted octanol–water partition coefficient (Wildman–Crippen LogP) is 1.66. The summed E-state index contributed by atoms with van der Waals surface area (Å²) in [5.74, 6) is 1.14. The van der Waals surface area contributed by atoms with E-state index in [1.165, 1.54) is 0 Å². The first-order chi connectivity index (χ1) is 9.78. The highest BCUT2D eigenvalue weighted by Gasteiger charge is 2.15. The van der Waals surface area contributed by atoms with Crippen molar-refractivity contribution in [1.29, 1.82) is 0 Å². The molecule has 20 heavy (non-hydrogen) atoms. The van der Waals surface area contributed by atoms with Gasteiger partial charge in [-0.2, -0.15) is 0 Å². The molecule has 3 N–H and O–H groups in total. The Balaban J connectivity index is 2.23. The molecule has 1 unspecified atom stereocenters. The molecule has 0 fully saturated rings. The van der Waals surface area contributed by atoms with Crippen molar-refractivity contribution in [3.05, 3.63) is 53.9 Å². The highest BCUT2D eigenvalue weighted by atomic mass is 16.5. The van der Waals surface area contributed by atoms with E-state index in [1.54, 1.807) is 31.5 Å². The van der Waals surface area contributed by atoms with Gasteiger partial charge in [-0.25, -0.2) is 0 Å². The summed E-state index contributed by atoms with van der Waals surface area (Å²) in [4.78, 5) is 4.25. The summed E-state index contributed by atoms with van der Waals surface area (Å²) in [6, 6.07) is 10.9. The van der Waals surface area contributed by atoms with Crippen LogP contribution in [0.1, 0.15) is 17.4 Å². The number of nitrogens with zero attached hydrogens (tertiary/aromatic N) is 1. The minimum atomic E-state index is -0.343. The van der Waals surface area contributed by atoms with Gasteiger partial charge < -0.3 is 20.3 Å². The summed E-state index contributed by atoms with van der Waals surface area (Å²) in [5.41, 5.74) is 7.28. The summed E-state index contributed by atoms with van der Waals surface area (Å²) in [7, 11) is 1.56. The number of aromatic nitrogens is 1. The molecular formula is C15H18N2O3. The molecule has 0 aliphatic rings. The SMILES string of the molecule is COc1cc(CO)ccc1OC(CN)c1ccccn1. The third-order valence-electron chi connectivity index (χ3n) is 2.91. The van der Waals surface area contributed by atoms with Crippen LogP contribution in [0.15, 0.2) is 42.6 Å². The molecule has 0 radical (unpaired) electrons. The Labute approximate surface area is 118 Å². The van der Waals surface area contributed by atoms with Gasteiger partial charge >= 0.3 is 0 Å². The maximum atomic E-state index is 9.13. The van der Waals surface area contributed by atoms with Gasteiger partial charge in [0, 0.05) is 12.7 Å². The second-order valence-electron chi connectivity index (χ2n) is 4.24. The molecule has 1 aromatic heterocycles. The third-order valence-corrected chi connectivity index (χ3v) is 2.91. The topological polar surface area (TPSA) is 77.6 Å². The van der Waals surface area contributed by atoms with E-state index >= 15 is 0 Å². The van der Waals surface area contributed by atoms with Crippen LogP contribution < -0.4 is 15.2 Å². The minimum absolute atomic E-state index is 0.0444. The van der Waals surface area contributed by atoms with Crippen molar-refractivity contribution in [3.8, 4) is 11.5 Å². The van der Waals surface area contributed by atoms with Crippen molar-refractivity contribution < 1.29 is 14.6 Å². The van der Waals surface area contributed by atoms with Crippen molar-refractivity contribution in [1.82, 2.24) is 4.98 Å². The molecule has 0 spiro atoms. The highest BCUT2D eigenvalue weighted by Crippen LogP contribution is 2.31. The predicted molar refractivity (Wildman–Crippen MR) is 75.6 cm³/mol. The first-order valence-corrected chi connectivity index (χ1v) is 6.34. The van der Waals surface area contributed by atoms with Gasteiger partial charge in [0.25, 0.3) is 0 Å². The standard InChI is InChI=1S/C15H18N2O3/c1-19-14-8-11(10-18)5-6-13(14)20-15(9-16)12-4-2-3-7-17-12/h2-8,15,18H,9-10,16H2,1H3. The monoisotopic (exact) mass is 274 g/mol. The number of rotatable bonds is 6. The largest absolute Gasteiger partial charge is 0.493 e. The van der Waals surface area contributed by atoms with E-state index in [-0.39, 0.29) is 12.7 Å². The maximum Gasteiger partial charge on any atom is 0.162 e. The van der Waals surface area contributed by atoms with Gasteiger partial charge in [0.05, 0.1) is 19.4 Å². The summed E-state index contributed by atoms with van der Waals surface area (Å²) >= 11 is 0. The number of nitrogens with two attached hydrogens (primary N) is 1. The van der Waals surface area contributed by atoms with Crippen LogP contribution in [-0.4, -0.2) is 23.7 Å². The normalized spacial score (nSPS) is 11.9. The number of benzene rings is 1. The van der Waals surface area contributed by atoms with E-state index in [0.29, 0.717) is 18.0 Å². The number of ether oxygens (including phenoxy) is 2. The Morgan fingerprint density at radius 3 is 2.70 bits per heavy atom. The molecule has 2 aromatic rings. The molecule has 0 bridgehead atoms. The average molecular weight is 274 g/mol. The zero-order valence-electron chi connectivity index (χ0n) is 11.3.